The highest BCUT2D eigenvalue weighted by Gasteiger charge is 2.17. The molecule has 6 nitrogen and oxygen atoms in total. The first kappa shape index (κ1) is 17.0. The van der Waals surface area contributed by atoms with Gasteiger partial charge in [-0.1, -0.05) is 24.6 Å². The fourth-order valence-electron chi connectivity index (χ4n) is 2.72. The van der Waals surface area contributed by atoms with Gasteiger partial charge in [0.2, 0.25) is 0 Å². The van der Waals surface area contributed by atoms with E-state index >= 15 is 0 Å². The van der Waals surface area contributed by atoms with E-state index in [4.69, 9.17) is 17.3 Å². The summed E-state index contributed by atoms with van der Waals surface area (Å²) >= 11 is 6.19. The number of benzene rings is 1. The maximum Gasteiger partial charge on any atom is 0.325 e. The number of nitrogens with zero attached hydrogens (tertiary/aromatic N) is 3. The molecule has 3 aromatic rings. The zero-order valence-corrected chi connectivity index (χ0v) is 14.7. The van der Waals surface area contributed by atoms with E-state index in [0.29, 0.717) is 16.5 Å². The van der Waals surface area contributed by atoms with E-state index in [1.54, 1.807) is 23.9 Å². The van der Waals surface area contributed by atoms with Crippen molar-refractivity contribution in [3.8, 4) is 22.5 Å². The molecule has 1 aromatic carbocycles. The lowest BCUT2D eigenvalue weighted by atomic mass is 10.0. The highest BCUT2D eigenvalue weighted by molar-refractivity contribution is 6.30. The van der Waals surface area contributed by atoms with Gasteiger partial charge in [-0.05, 0) is 30.2 Å². The Morgan fingerprint density at radius 3 is 2.76 bits per heavy atom. The summed E-state index contributed by atoms with van der Waals surface area (Å²) < 4.78 is 1.55. The number of hydrogen-bond acceptors (Lipinski definition) is 4. The minimum Gasteiger partial charge on any atom is -0.384 e. The van der Waals surface area contributed by atoms with Crippen LogP contribution in [0.15, 0.2) is 42.9 Å². The van der Waals surface area contributed by atoms with E-state index in [1.807, 2.05) is 24.3 Å². The van der Waals surface area contributed by atoms with Crippen molar-refractivity contribution in [3.63, 3.8) is 0 Å². The summed E-state index contributed by atoms with van der Waals surface area (Å²) in [7, 11) is 1.59. The number of carbonyl (C=O) groups excluding carboxylic acids is 1. The van der Waals surface area contributed by atoms with Crippen molar-refractivity contribution < 1.29 is 4.79 Å². The molecule has 128 valence electrons. The van der Waals surface area contributed by atoms with Crippen LogP contribution in [0.2, 0.25) is 5.02 Å². The summed E-state index contributed by atoms with van der Waals surface area (Å²) in [5.41, 5.74) is 9.92. The van der Waals surface area contributed by atoms with Crippen molar-refractivity contribution in [2.45, 2.75) is 13.3 Å². The number of carbonyl (C=O) groups is 1. The molecule has 0 bridgehead atoms. The van der Waals surface area contributed by atoms with E-state index in [-0.39, 0.29) is 6.03 Å². The van der Waals surface area contributed by atoms with Crippen molar-refractivity contribution in [1.29, 1.82) is 0 Å². The Hall–Kier alpha value is -2.86. The highest BCUT2D eigenvalue weighted by atomic mass is 35.5. The van der Waals surface area contributed by atoms with Gasteiger partial charge in [-0.3, -0.25) is 4.57 Å². The zero-order valence-electron chi connectivity index (χ0n) is 14.0. The lowest BCUT2D eigenvalue weighted by molar-refractivity contribution is 0.245. The molecule has 3 N–H and O–H groups in total. The molecule has 7 heteroatoms. The SMILES string of the molecule is CCc1ccc(Cl)cc1-c1cc(-c2cc(N)ncn2)cn1C(=O)NC. The number of nitrogens with two attached hydrogens (primary N) is 1. The maximum atomic E-state index is 12.4. The van der Waals surface area contributed by atoms with Gasteiger partial charge in [0, 0.05) is 35.5 Å². The lowest BCUT2D eigenvalue weighted by Crippen LogP contribution is -2.24. The van der Waals surface area contributed by atoms with Crippen LogP contribution in [0, 0.1) is 0 Å². The molecule has 0 radical (unpaired) electrons. The Labute approximate surface area is 150 Å². The van der Waals surface area contributed by atoms with Gasteiger partial charge in [-0.25, -0.2) is 14.8 Å². The normalized spacial score (nSPS) is 10.7. The number of hydrogen-bond donors (Lipinski definition) is 2. The van der Waals surface area contributed by atoms with E-state index in [2.05, 4.69) is 22.2 Å². The molecule has 2 heterocycles. The molecular weight excluding hydrogens is 338 g/mol. The molecule has 0 atom stereocenters. The quantitative estimate of drug-likeness (QED) is 0.751. The molecule has 0 saturated heterocycles. The van der Waals surface area contributed by atoms with Crippen molar-refractivity contribution in [2.75, 3.05) is 12.8 Å². The monoisotopic (exact) mass is 355 g/mol. The average Bonchev–Trinajstić information content (AvgIpc) is 3.06. The number of rotatable bonds is 3. The summed E-state index contributed by atoms with van der Waals surface area (Å²) in [6.07, 6.45) is 3.95. The van der Waals surface area contributed by atoms with Gasteiger partial charge in [0.05, 0.1) is 11.4 Å². The topological polar surface area (TPSA) is 85.8 Å². The summed E-state index contributed by atoms with van der Waals surface area (Å²) in [6.45, 7) is 2.06. The third kappa shape index (κ3) is 3.34. The Morgan fingerprint density at radius 1 is 1.28 bits per heavy atom. The first-order valence-corrected chi connectivity index (χ1v) is 8.22. The number of anilines is 1. The summed E-state index contributed by atoms with van der Waals surface area (Å²) in [6, 6.07) is 9.02. The summed E-state index contributed by atoms with van der Waals surface area (Å²) in [4.78, 5) is 20.5. The molecule has 0 aliphatic carbocycles. The molecule has 3 rings (SSSR count). The van der Waals surface area contributed by atoms with Crippen LogP contribution in [0.4, 0.5) is 10.6 Å². The predicted molar refractivity (Wildman–Crippen MR) is 99.5 cm³/mol. The minimum absolute atomic E-state index is 0.245. The molecule has 2 aromatic heterocycles. The second-order valence-electron chi connectivity index (χ2n) is 5.52. The van der Waals surface area contributed by atoms with Crippen LogP contribution in [-0.4, -0.2) is 27.6 Å². The number of aromatic nitrogens is 3. The van der Waals surface area contributed by atoms with Crippen molar-refractivity contribution in [3.05, 3.63) is 53.4 Å². The van der Waals surface area contributed by atoms with Gasteiger partial charge in [0.15, 0.2) is 0 Å². The van der Waals surface area contributed by atoms with Crippen molar-refractivity contribution >= 4 is 23.4 Å². The van der Waals surface area contributed by atoms with Crippen molar-refractivity contribution in [2.24, 2.45) is 0 Å². The average molecular weight is 356 g/mol. The van der Waals surface area contributed by atoms with Gasteiger partial charge in [0.1, 0.15) is 12.1 Å². The van der Waals surface area contributed by atoms with Crippen LogP contribution in [0.3, 0.4) is 0 Å². The predicted octanol–water partition coefficient (Wildman–Crippen LogP) is 3.60. The molecule has 0 fully saturated rings. The highest BCUT2D eigenvalue weighted by Crippen LogP contribution is 2.32. The van der Waals surface area contributed by atoms with Gasteiger partial charge in [-0.15, -0.1) is 0 Å². The Morgan fingerprint density at radius 2 is 2.08 bits per heavy atom. The van der Waals surface area contributed by atoms with Crippen LogP contribution in [0.1, 0.15) is 12.5 Å². The van der Waals surface area contributed by atoms with E-state index in [1.165, 1.54) is 6.33 Å². The van der Waals surface area contributed by atoms with E-state index in [9.17, 15) is 4.79 Å². The molecule has 0 spiro atoms. The number of aryl methyl sites for hydroxylation is 1. The second kappa shape index (κ2) is 6.94. The fourth-order valence-corrected chi connectivity index (χ4v) is 2.90. The molecule has 25 heavy (non-hydrogen) atoms. The molecule has 0 aliphatic rings. The number of nitrogen functional groups attached to an aromatic ring is 1. The van der Waals surface area contributed by atoms with Crippen LogP contribution in [0.25, 0.3) is 22.5 Å². The summed E-state index contributed by atoms with van der Waals surface area (Å²) in [5, 5.41) is 3.27. The van der Waals surface area contributed by atoms with E-state index in [0.717, 1.165) is 28.8 Å². The second-order valence-corrected chi connectivity index (χ2v) is 5.96. The fraction of sp³-hybridized carbons (Fsp3) is 0.167. The van der Waals surface area contributed by atoms with Crippen LogP contribution in [0.5, 0.6) is 0 Å². The summed E-state index contributed by atoms with van der Waals surface area (Å²) in [5.74, 6) is 0.372. The zero-order chi connectivity index (χ0) is 18.0. The molecule has 0 saturated carbocycles. The standard InChI is InChI=1S/C18H18ClN5O/c1-3-11-4-5-13(19)7-14(11)16-6-12(9-24(16)18(25)21-2)15-8-17(20)23-10-22-15/h4-10H,3H2,1-2H3,(H,21,25)(H2,20,22,23). The van der Waals surface area contributed by atoms with E-state index < -0.39 is 0 Å². The first-order valence-electron chi connectivity index (χ1n) is 7.84. The van der Waals surface area contributed by atoms with Crippen molar-refractivity contribution in [1.82, 2.24) is 19.9 Å². The smallest absolute Gasteiger partial charge is 0.325 e. The van der Waals surface area contributed by atoms with Gasteiger partial charge < -0.3 is 11.1 Å². The first-order chi connectivity index (χ1) is 12.0. The Balaban J connectivity index is 2.22. The lowest BCUT2D eigenvalue weighted by Gasteiger charge is -2.11. The molecular formula is C18H18ClN5O. The largest absolute Gasteiger partial charge is 0.384 e. The molecule has 0 aliphatic heterocycles. The Bertz CT molecular complexity index is 935. The minimum atomic E-state index is -0.245. The van der Waals surface area contributed by atoms with Gasteiger partial charge in [-0.2, -0.15) is 0 Å². The molecule has 1 amide bonds. The van der Waals surface area contributed by atoms with Gasteiger partial charge in [0.25, 0.3) is 0 Å². The van der Waals surface area contributed by atoms with Crippen LogP contribution < -0.4 is 11.1 Å². The number of nitrogens with one attached hydrogen (secondary N) is 1. The number of amides is 1. The molecule has 0 unspecified atom stereocenters. The number of halogens is 1. The maximum absolute atomic E-state index is 12.4. The third-order valence-corrected chi connectivity index (χ3v) is 4.20. The van der Waals surface area contributed by atoms with Crippen LogP contribution in [-0.2, 0) is 6.42 Å². The Kier molecular flexibility index (Phi) is 4.72. The third-order valence-electron chi connectivity index (χ3n) is 3.97. The van der Waals surface area contributed by atoms with Crippen LogP contribution >= 0.6 is 11.6 Å². The van der Waals surface area contributed by atoms with Gasteiger partial charge >= 0.3 is 6.03 Å².